The zero-order valence-corrected chi connectivity index (χ0v) is 11.0. The number of aromatic nitrogens is 3. The van der Waals surface area contributed by atoms with Crippen LogP contribution in [0.4, 0.5) is 0 Å². The summed E-state index contributed by atoms with van der Waals surface area (Å²) >= 11 is 0. The minimum atomic E-state index is -0.0408. The minimum Gasteiger partial charge on any atom is -0.330 e. The topological polar surface area (TPSA) is 65.3 Å². The molecule has 1 aliphatic rings. The molecule has 5 nitrogen and oxygen atoms in total. The summed E-state index contributed by atoms with van der Waals surface area (Å²) in [4.78, 5) is 12.4. The van der Waals surface area contributed by atoms with E-state index in [0.717, 1.165) is 19.3 Å². The summed E-state index contributed by atoms with van der Waals surface area (Å²) in [5.41, 5.74) is 6.57. The fourth-order valence-corrected chi connectivity index (χ4v) is 3.12. The third kappa shape index (κ3) is 2.18. The van der Waals surface area contributed by atoms with Crippen molar-refractivity contribution in [3.05, 3.63) is 34.9 Å². The summed E-state index contributed by atoms with van der Waals surface area (Å²) in [5, 5.41) is 4.49. The van der Waals surface area contributed by atoms with Crippen molar-refractivity contribution in [1.29, 1.82) is 0 Å². The molecule has 19 heavy (non-hydrogen) atoms. The van der Waals surface area contributed by atoms with Crippen LogP contribution in [0, 0.1) is 5.92 Å². The fourth-order valence-electron chi connectivity index (χ4n) is 3.12. The highest BCUT2D eigenvalue weighted by atomic mass is 16.2. The van der Waals surface area contributed by atoms with Gasteiger partial charge in [-0.05, 0) is 37.4 Å². The van der Waals surface area contributed by atoms with Crippen molar-refractivity contribution in [2.75, 3.05) is 6.54 Å². The molecule has 2 aromatic heterocycles. The maximum atomic E-state index is 12.4. The third-order valence-corrected chi connectivity index (χ3v) is 4.19. The summed E-state index contributed by atoms with van der Waals surface area (Å²) < 4.78 is 3.27. The number of fused-ring (bicyclic) bond motifs is 1. The molecule has 2 N–H and O–H groups in total. The van der Waals surface area contributed by atoms with E-state index in [9.17, 15) is 4.79 Å². The highest BCUT2D eigenvalue weighted by Gasteiger charge is 2.27. The van der Waals surface area contributed by atoms with Crippen molar-refractivity contribution in [2.45, 2.75) is 38.1 Å². The van der Waals surface area contributed by atoms with Crippen LogP contribution in [0.3, 0.4) is 0 Å². The molecule has 5 heteroatoms. The molecular formula is C14H20N4O. The van der Waals surface area contributed by atoms with Crippen LogP contribution in [-0.4, -0.2) is 20.7 Å². The Morgan fingerprint density at radius 3 is 2.89 bits per heavy atom. The van der Waals surface area contributed by atoms with Crippen LogP contribution in [0.5, 0.6) is 0 Å². The Bertz CT molecular complexity index is 615. The summed E-state index contributed by atoms with van der Waals surface area (Å²) in [6.07, 6.45) is 7.47. The molecule has 3 rings (SSSR count). The van der Waals surface area contributed by atoms with Crippen LogP contribution in [0.1, 0.15) is 38.1 Å². The zero-order valence-electron chi connectivity index (χ0n) is 11.0. The van der Waals surface area contributed by atoms with Gasteiger partial charge < -0.3 is 5.73 Å². The van der Waals surface area contributed by atoms with Crippen molar-refractivity contribution in [3.63, 3.8) is 0 Å². The molecule has 0 radical (unpaired) electrons. The van der Waals surface area contributed by atoms with E-state index in [-0.39, 0.29) is 11.7 Å². The van der Waals surface area contributed by atoms with Crippen LogP contribution in [0.15, 0.2) is 29.2 Å². The molecule has 0 saturated heterocycles. The van der Waals surface area contributed by atoms with Gasteiger partial charge in [-0.25, -0.2) is 9.48 Å². The molecule has 0 aliphatic heterocycles. The maximum Gasteiger partial charge on any atom is 0.350 e. The first-order valence-corrected chi connectivity index (χ1v) is 7.07. The van der Waals surface area contributed by atoms with Gasteiger partial charge in [0.15, 0.2) is 5.65 Å². The third-order valence-electron chi connectivity index (χ3n) is 4.19. The summed E-state index contributed by atoms with van der Waals surface area (Å²) in [5.74, 6) is 0.366. The number of hydrogen-bond donors (Lipinski definition) is 1. The van der Waals surface area contributed by atoms with Gasteiger partial charge in [0.25, 0.3) is 0 Å². The summed E-state index contributed by atoms with van der Waals surface area (Å²) in [6.45, 7) is 0.630. The Labute approximate surface area is 112 Å². The predicted molar refractivity (Wildman–Crippen MR) is 74.1 cm³/mol. The summed E-state index contributed by atoms with van der Waals surface area (Å²) in [6, 6.07) is 5.78. The van der Waals surface area contributed by atoms with E-state index in [2.05, 4.69) is 5.10 Å². The molecule has 1 saturated carbocycles. The Morgan fingerprint density at radius 2 is 2.11 bits per heavy atom. The van der Waals surface area contributed by atoms with E-state index in [4.69, 9.17) is 5.73 Å². The van der Waals surface area contributed by atoms with Gasteiger partial charge >= 0.3 is 5.69 Å². The Balaban J connectivity index is 2.06. The first-order chi connectivity index (χ1) is 9.31. The highest BCUT2D eigenvalue weighted by molar-refractivity contribution is 5.35. The second kappa shape index (κ2) is 5.17. The predicted octanol–water partition coefficient (Wildman–Crippen LogP) is 1.58. The Morgan fingerprint density at radius 1 is 1.26 bits per heavy atom. The monoisotopic (exact) mass is 260 g/mol. The van der Waals surface area contributed by atoms with Crippen molar-refractivity contribution >= 4 is 5.65 Å². The first-order valence-electron chi connectivity index (χ1n) is 7.07. The number of rotatable bonds is 2. The van der Waals surface area contributed by atoms with Gasteiger partial charge in [0, 0.05) is 6.20 Å². The van der Waals surface area contributed by atoms with Crippen LogP contribution < -0.4 is 11.4 Å². The Kier molecular flexibility index (Phi) is 3.38. The fraction of sp³-hybridized carbons (Fsp3) is 0.571. The van der Waals surface area contributed by atoms with Gasteiger partial charge in [-0.15, -0.1) is 5.10 Å². The van der Waals surface area contributed by atoms with E-state index in [0.29, 0.717) is 18.1 Å². The van der Waals surface area contributed by atoms with Crippen molar-refractivity contribution < 1.29 is 0 Å². The van der Waals surface area contributed by atoms with E-state index < -0.39 is 0 Å². The smallest absolute Gasteiger partial charge is 0.330 e. The SMILES string of the molecule is NCC1CCCCCC1n1nc2ccccn2c1=O. The highest BCUT2D eigenvalue weighted by Crippen LogP contribution is 2.30. The largest absolute Gasteiger partial charge is 0.350 e. The molecule has 0 aromatic carbocycles. The van der Waals surface area contributed by atoms with E-state index >= 15 is 0 Å². The molecule has 0 spiro atoms. The number of hydrogen-bond acceptors (Lipinski definition) is 3. The van der Waals surface area contributed by atoms with Gasteiger partial charge in [0.2, 0.25) is 0 Å². The molecule has 1 aliphatic carbocycles. The Hall–Kier alpha value is -1.62. The lowest BCUT2D eigenvalue weighted by Gasteiger charge is -2.22. The van der Waals surface area contributed by atoms with Gasteiger partial charge in [-0.2, -0.15) is 0 Å². The number of nitrogens with two attached hydrogens (primary N) is 1. The van der Waals surface area contributed by atoms with Gasteiger partial charge in [-0.1, -0.05) is 25.3 Å². The summed E-state index contributed by atoms with van der Waals surface area (Å²) in [7, 11) is 0. The van der Waals surface area contributed by atoms with Crippen molar-refractivity contribution in [3.8, 4) is 0 Å². The standard InChI is InChI=1S/C14H20N4O/c15-10-11-6-2-1-3-7-12(11)18-14(19)17-9-5-4-8-13(17)16-18/h4-5,8-9,11-12H,1-3,6-7,10,15H2. The average Bonchev–Trinajstić information content (AvgIpc) is 2.64. The first kappa shape index (κ1) is 12.4. The molecular weight excluding hydrogens is 240 g/mol. The zero-order chi connectivity index (χ0) is 13.2. The second-order valence-corrected chi connectivity index (χ2v) is 5.36. The number of nitrogens with zero attached hydrogens (tertiary/aromatic N) is 3. The van der Waals surface area contributed by atoms with Crippen molar-refractivity contribution in [1.82, 2.24) is 14.2 Å². The lowest BCUT2D eigenvalue weighted by Crippen LogP contribution is -2.33. The normalized spacial score (nSPS) is 24.5. The van der Waals surface area contributed by atoms with E-state index in [1.54, 1.807) is 15.3 Å². The molecule has 0 bridgehead atoms. The van der Waals surface area contributed by atoms with E-state index in [1.165, 1.54) is 12.8 Å². The van der Waals surface area contributed by atoms with Crippen molar-refractivity contribution in [2.24, 2.45) is 11.7 Å². The molecule has 2 heterocycles. The molecule has 2 atom stereocenters. The number of pyridine rings is 1. The van der Waals surface area contributed by atoms with Crippen LogP contribution >= 0.6 is 0 Å². The van der Waals surface area contributed by atoms with Crippen LogP contribution in [0.25, 0.3) is 5.65 Å². The van der Waals surface area contributed by atoms with Gasteiger partial charge in [0.05, 0.1) is 6.04 Å². The molecule has 1 fully saturated rings. The van der Waals surface area contributed by atoms with Gasteiger partial charge in [-0.3, -0.25) is 4.40 Å². The minimum absolute atomic E-state index is 0.0408. The van der Waals surface area contributed by atoms with Crippen LogP contribution in [0.2, 0.25) is 0 Å². The average molecular weight is 260 g/mol. The quantitative estimate of drug-likeness (QED) is 0.834. The lowest BCUT2D eigenvalue weighted by molar-refractivity contribution is 0.288. The molecule has 0 amide bonds. The van der Waals surface area contributed by atoms with Crippen LogP contribution in [-0.2, 0) is 0 Å². The second-order valence-electron chi connectivity index (χ2n) is 5.36. The lowest BCUT2D eigenvalue weighted by atomic mass is 9.95. The molecule has 102 valence electrons. The molecule has 2 aromatic rings. The molecule has 2 unspecified atom stereocenters. The van der Waals surface area contributed by atoms with E-state index in [1.807, 2.05) is 18.2 Å². The maximum absolute atomic E-state index is 12.4. The van der Waals surface area contributed by atoms with Gasteiger partial charge in [0.1, 0.15) is 0 Å².